The molecule has 0 atom stereocenters. The summed E-state index contributed by atoms with van der Waals surface area (Å²) < 4.78 is 0. The lowest BCUT2D eigenvalue weighted by Crippen LogP contribution is -2.33. The van der Waals surface area contributed by atoms with Crippen molar-refractivity contribution in [2.45, 2.75) is 13.5 Å². The van der Waals surface area contributed by atoms with Gasteiger partial charge in [-0.2, -0.15) is 0 Å². The number of carbonyl (C=O) groups excluding carboxylic acids is 2. The van der Waals surface area contributed by atoms with Crippen LogP contribution in [0.2, 0.25) is 10.0 Å². The van der Waals surface area contributed by atoms with E-state index in [0.29, 0.717) is 10.0 Å². The Morgan fingerprint density at radius 3 is 2.42 bits per heavy atom. The number of halogens is 2. The predicted molar refractivity (Wildman–Crippen MR) is 96.5 cm³/mol. The number of hydrogen-bond acceptors (Lipinski definition) is 2. The van der Waals surface area contributed by atoms with Crippen molar-refractivity contribution >= 4 is 41.1 Å². The van der Waals surface area contributed by atoms with E-state index in [4.69, 9.17) is 23.2 Å². The molecule has 0 fully saturated rings. The largest absolute Gasteiger partial charge is 0.347 e. The summed E-state index contributed by atoms with van der Waals surface area (Å²) in [5.74, 6) is -0.725. The monoisotopic (exact) mass is 362 g/mol. The van der Waals surface area contributed by atoms with Crippen LogP contribution in [0.1, 0.15) is 18.1 Å². The van der Waals surface area contributed by atoms with Gasteiger partial charge < -0.3 is 10.6 Å². The SMILES string of the molecule is CC(=O)N/C(=C\c1ccccc1)C(=O)NCc1ccc(Cl)cc1Cl. The lowest BCUT2D eigenvalue weighted by Gasteiger charge is -2.11. The van der Waals surface area contributed by atoms with Crippen LogP contribution < -0.4 is 10.6 Å². The Bertz CT molecular complexity index is 774. The van der Waals surface area contributed by atoms with Crippen molar-refractivity contribution < 1.29 is 9.59 Å². The molecule has 24 heavy (non-hydrogen) atoms. The van der Waals surface area contributed by atoms with E-state index in [2.05, 4.69) is 10.6 Å². The molecule has 0 saturated heterocycles. The van der Waals surface area contributed by atoms with Gasteiger partial charge in [0.1, 0.15) is 5.70 Å². The molecule has 0 aliphatic carbocycles. The van der Waals surface area contributed by atoms with Crippen LogP contribution in [-0.4, -0.2) is 11.8 Å². The second-order valence-electron chi connectivity index (χ2n) is 5.07. The third kappa shape index (κ3) is 5.41. The van der Waals surface area contributed by atoms with Crippen molar-refractivity contribution in [3.05, 3.63) is 75.4 Å². The van der Waals surface area contributed by atoms with Crippen molar-refractivity contribution in [2.24, 2.45) is 0 Å². The molecule has 2 amide bonds. The summed E-state index contributed by atoms with van der Waals surface area (Å²) in [5, 5.41) is 6.27. The Balaban J connectivity index is 2.13. The molecule has 0 bridgehead atoms. The molecule has 4 nitrogen and oxygen atoms in total. The molecule has 2 aromatic carbocycles. The summed E-state index contributed by atoms with van der Waals surface area (Å²) in [4.78, 5) is 23.7. The molecule has 0 unspecified atom stereocenters. The molecule has 0 radical (unpaired) electrons. The second kappa shape index (κ2) is 8.52. The number of amides is 2. The van der Waals surface area contributed by atoms with Crippen LogP contribution >= 0.6 is 23.2 Å². The van der Waals surface area contributed by atoms with Crippen molar-refractivity contribution in [3.63, 3.8) is 0 Å². The van der Waals surface area contributed by atoms with Crippen LogP contribution in [-0.2, 0) is 16.1 Å². The highest BCUT2D eigenvalue weighted by Crippen LogP contribution is 2.20. The minimum Gasteiger partial charge on any atom is -0.347 e. The summed E-state index contributed by atoms with van der Waals surface area (Å²) in [6, 6.07) is 14.3. The van der Waals surface area contributed by atoms with Gasteiger partial charge in [-0.3, -0.25) is 9.59 Å². The molecule has 0 aliphatic heterocycles. The highest BCUT2D eigenvalue weighted by Gasteiger charge is 2.12. The highest BCUT2D eigenvalue weighted by molar-refractivity contribution is 6.35. The van der Waals surface area contributed by atoms with Gasteiger partial charge in [0.15, 0.2) is 0 Å². The van der Waals surface area contributed by atoms with Crippen molar-refractivity contribution in [1.29, 1.82) is 0 Å². The van der Waals surface area contributed by atoms with Crippen molar-refractivity contribution in [3.8, 4) is 0 Å². The van der Waals surface area contributed by atoms with Crippen LogP contribution in [0.3, 0.4) is 0 Å². The third-order valence-corrected chi connectivity index (χ3v) is 3.71. The van der Waals surface area contributed by atoms with Crippen LogP contribution in [0.5, 0.6) is 0 Å². The molecule has 0 aliphatic rings. The van der Waals surface area contributed by atoms with E-state index < -0.39 is 5.91 Å². The summed E-state index contributed by atoms with van der Waals surface area (Å²) in [5.41, 5.74) is 1.70. The summed E-state index contributed by atoms with van der Waals surface area (Å²) in [6.07, 6.45) is 1.61. The quantitative estimate of drug-likeness (QED) is 0.795. The number of carbonyl (C=O) groups is 2. The average Bonchev–Trinajstić information content (AvgIpc) is 2.53. The first-order valence-electron chi connectivity index (χ1n) is 7.22. The fourth-order valence-electron chi connectivity index (χ4n) is 2.00. The molecule has 2 aromatic rings. The predicted octanol–water partition coefficient (Wildman–Crippen LogP) is 3.79. The number of benzene rings is 2. The van der Waals surface area contributed by atoms with Crippen LogP contribution in [0.25, 0.3) is 6.08 Å². The van der Waals surface area contributed by atoms with Gasteiger partial charge >= 0.3 is 0 Å². The molecule has 6 heteroatoms. The van der Waals surface area contributed by atoms with E-state index in [-0.39, 0.29) is 18.1 Å². The minimum atomic E-state index is -0.403. The topological polar surface area (TPSA) is 58.2 Å². The molecule has 0 heterocycles. The van der Waals surface area contributed by atoms with Crippen LogP contribution in [0.4, 0.5) is 0 Å². The smallest absolute Gasteiger partial charge is 0.268 e. The van der Waals surface area contributed by atoms with Crippen molar-refractivity contribution in [2.75, 3.05) is 0 Å². The first-order chi connectivity index (χ1) is 11.5. The maximum Gasteiger partial charge on any atom is 0.268 e. The fraction of sp³-hybridized carbons (Fsp3) is 0.111. The zero-order chi connectivity index (χ0) is 17.5. The third-order valence-electron chi connectivity index (χ3n) is 3.12. The zero-order valence-electron chi connectivity index (χ0n) is 13.0. The first kappa shape index (κ1) is 18.0. The Morgan fingerprint density at radius 2 is 1.79 bits per heavy atom. The van der Waals surface area contributed by atoms with Gasteiger partial charge in [0.25, 0.3) is 5.91 Å². The summed E-state index contributed by atoms with van der Waals surface area (Å²) in [7, 11) is 0. The molecular formula is C18H16Cl2N2O2. The molecule has 124 valence electrons. The van der Waals surface area contributed by atoms with Gasteiger partial charge in [-0.25, -0.2) is 0 Å². The zero-order valence-corrected chi connectivity index (χ0v) is 14.5. The van der Waals surface area contributed by atoms with Gasteiger partial charge in [-0.1, -0.05) is 59.6 Å². The highest BCUT2D eigenvalue weighted by atomic mass is 35.5. The lowest BCUT2D eigenvalue weighted by molar-refractivity contribution is -0.122. The van der Waals surface area contributed by atoms with Gasteiger partial charge in [-0.15, -0.1) is 0 Å². The normalized spacial score (nSPS) is 11.0. The van der Waals surface area contributed by atoms with E-state index in [0.717, 1.165) is 11.1 Å². The van der Waals surface area contributed by atoms with Crippen molar-refractivity contribution in [1.82, 2.24) is 10.6 Å². The van der Waals surface area contributed by atoms with Crippen LogP contribution in [0.15, 0.2) is 54.2 Å². The summed E-state index contributed by atoms with van der Waals surface area (Å²) >= 11 is 11.9. The maximum atomic E-state index is 12.4. The second-order valence-corrected chi connectivity index (χ2v) is 5.91. The molecular weight excluding hydrogens is 347 g/mol. The fourth-order valence-corrected chi connectivity index (χ4v) is 2.48. The summed E-state index contributed by atoms with van der Waals surface area (Å²) in [6.45, 7) is 1.57. The van der Waals surface area contributed by atoms with E-state index in [1.807, 2.05) is 30.3 Å². The molecule has 2 N–H and O–H groups in total. The number of rotatable bonds is 5. The van der Waals surface area contributed by atoms with Crippen LogP contribution in [0, 0.1) is 0 Å². The van der Waals surface area contributed by atoms with Gasteiger partial charge in [0.05, 0.1) is 0 Å². The number of hydrogen-bond donors (Lipinski definition) is 2. The van der Waals surface area contributed by atoms with E-state index in [1.54, 1.807) is 24.3 Å². The minimum absolute atomic E-state index is 0.166. The Kier molecular flexibility index (Phi) is 6.41. The van der Waals surface area contributed by atoms with Gasteiger partial charge in [-0.05, 0) is 29.3 Å². The Morgan fingerprint density at radius 1 is 1.08 bits per heavy atom. The number of nitrogens with one attached hydrogen (secondary N) is 2. The first-order valence-corrected chi connectivity index (χ1v) is 7.98. The molecule has 0 spiro atoms. The van der Waals surface area contributed by atoms with Gasteiger partial charge in [0, 0.05) is 23.5 Å². The standard InChI is InChI=1S/C18H16Cl2N2O2/c1-12(23)22-17(9-13-5-3-2-4-6-13)18(24)21-11-14-7-8-15(19)10-16(14)20/h2-10H,11H2,1H3,(H,21,24)(H,22,23)/b17-9-. The molecule has 0 saturated carbocycles. The average molecular weight is 363 g/mol. The molecule has 0 aromatic heterocycles. The Labute approximate surface area is 150 Å². The maximum absolute atomic E-state index is 12.4. The Hall–Kier alpha value is -2.30. The lowest BCUT2D eigenvalue weighted by atomic mass is 10.2. The van der Waals surface area contributed by atoms with E-state index in [9.17, 15) is 9.59 Å². The van der Waals surface area contributed by atoms with Gasteiger partial charge in [0.2, 0.25) is 5.91 Å². The van der Waals surface area contributed by atoms with E-state index >= 15 is 0 Å². The van der Waals surface area contributed by atoms with E-state index in [1.165, 1.54) is 6.92 Å². The molecule has 2 rings (SSSR count).